The third kappa shape index (κ3) is 6.11. The van der Waals surface area contributed by atoms with Gasteiger partial charge in [0.1, 0.15) is 5.75 Å². The first kappa shape index (κ1) is 16.0. The number of nitrogens with one attached hydrogen (secondary N) is 1. The molecule has 0 aromatic heterocycles. The molecule has 1 aromatic rings. The molecule has 2 nitrogen and oxygen atoms in total. The highest BCUT2D eigenvalue weighted by Gasteiger charge is 2.03. The maximum absolute atomic E-state index is 5.90. The Kier molecular flexibility index (Phi) is 6.93. The van der Waals surface area contributed by atoms with Crippen LogP contribution in [0.5, 0.6) is 5.75 Å². The second-order valence-electron chi connectivity index (χ2n) is 5.86. The molecule has 0 amide bonds. The van der Waals surface area contributed by atoms with Crippen molar-refractivity contribution in [2.45, 2.75) is 47.5 Å². The number of unbranched alkanes of at least 4 members (excludes halogenated alkanes) is 1. The molecule has 2 heteroatoms. The Bertz CT molecular complexity index is 385. The van der Waals surface area contributed by atoms with Crippen molar-refractivity contribution >= 4 is 0 Å². The fourth-order valence-corrected chi connectivity index (χ4v) is 2.08. The Morgan fingerprint density at radius 2 is 1.84 bits per heavy atom. The van der Waals surface area contributed by atoms with Crippen molar-refractivity contribution < 1.29 is 4.74 Å². The highest BCUT2D eigenvalue weighted by Crippen LogP contribution is 2.23. The molecule has 0 radical (unpaired) electrons. The smallest absolute Gasteiger partial charge is 0.122 e. The molecule has 0 saturated heterocycles. The minimum absolute atomic E-state index is 0.731. The van der Waals surface area contributed by atoms with Gasteiger partial charge in [-0.3, -0.25) is 0 Å². The minimum atomic E-state index is 0.731. The highest BCUT2D eigenvalue weighted by atomic mass is 16.5. The van der Waals surface area contributed by atoms with E-state index in [1.54, 1.807) is 0 Å². The Hall–Kier alpha value is -1.02. The number of hydrogen-bond acceptors (Lipinski definition) is 2. The van der Waals surface area contributed by atoms with E-state index >= 15 is 0 Å². The summed E-state index contributed by atoms with van der Waals surface area (Å²) in [6.07, 6.45) is 2.29. The van der Waals surface area contributed by atoms with Crippen molar-refractivity contribution in [1.29, 1.82) is 0 Å². The predicted molar refractivity (Wildman–Crippen MR) is 83.1 cm³/mol. The monoisotopic (exact) mass is 263 g/mol. The molecule has 0 saturated carbocycles. The van der Waals surface area contributed by atoms with Crippen molar-refractivity contribution in [1.82, 2.24) is 5.32 Å². The zero-order valence-corrected chi connectivity index (χ0v) is 13.2. The molecule has 0 aliphatic rings. The van der Waals surface area contributed by atoms with Gasteiger partial charge in [-0.2, -0.15) is 0 Å². The summed E-state index contributed by atoms with van der Waals surface area (Å²) in [6.45, 7) is 13.9. The summed E-state index contributed by atoms with van der Waals surface area (Å²) in [5, 5.41) is 3.46. The number of ether oxygens (including phenoxy) is 1. The molecule has 1 aromatic carbocycles. The molecule has 0 bridgehead atoms. The molecule has 1 N–H and O–H groups in total. The second-order valence-corrected chi connectivity index (χ2v) is 5.86. The Labute approximate surface area is 118 Å². The van der Waals surface area contributed by atoms with E-state index in [9.17, 15) is 0 Å². The van der Waals surface area contributed by atoms with Crippen LogP contribution in [0.15, 0.2) is 12.1 Å². The van der Waals surface area contributed by atoms with E-state index in [-0.39, 0.29) is 0 Å². The fraction of sp³-hybridized carbons (Fsp3) is 0.647. The Morgan fingerprint density at radius 3 is 2.53 bits per heavy atom. The van der Waals surface area contributed by atoms with Crippen molar-refractivity contribution in [3.8, 4) is 5.75 Å². The summed E-state index contributed by atoms with van der Waals surface area (Å²) in [7, 11) is 0. The van der Waals surface area contributed by atoms with Crippen LogP contribution >= 0.6 is 0 Å². The Balaban J connectivity index is 2.23. The van der Waals surface area contributed by atoms with Gasteiger partial charge in [0.15, 0.2) is 0 Å². The molecule has 0 atom stereocenters. The topological polar surface area (TPSA) is 21.3 Å². The average Bonchev–Trinajstić information content (AvgIpc) is 2.33. The number of aryl methyl sites for hydroxylation is 2. The van der Waals surface area contributed by atoms with Gasteiger partial charge < -0.3 is 10.1 Å². The largest absolute Gasteiger partial charge is 0.493 e. The Morgan fingerprint density at radius 1 is 1.11 bits per heavy atom. The summed E-state index contributed by atoms with van der Waals surface area (Å²) in [5.74, 6) is 1.78. The van der Waals surface area contributed by atoms with Crippen LogP contribution in [0.4, 0.5) is 0 Å². The van der Waals surface area contributed by atoms with E-state index in [1.807, 2.05) is 0 Å². The van der Waals surface area contributed by atoms with Crippen LogP contribution in [0.25, 0.3) is 0 Å². The first-order chi connectivity index (χ1) is 9.00. The highest BCUT2D eigenvalue weighted by molar-refractivity contribution is 5.41. The van der Waals surface area contributed by atoms with Gasteiger partial charge in [-0.15, -0.1) is 0 Å². The quantitative estimate of drug-likeness (QED) is 0.715. The summed E-state index contributed by atoms with van der Waals surface area (Å²) < 4.78 is 5.90. The van der Waals surface area contributed by atoms with Crippen LogP contribution in [0.3, 0.4) is 0 Å². The zero-order valence-electron chi connectivity index (χ0n) is 13.2. The number of rotatable bonds is 8. The van der Waals surface area contributed by atoms with Crippen molar-refractivity contribution in [3.63, 3.8) is 0 Å². The molecule has 0 fully saturated rings. The summed E-state index contributed by atoms with van der Waals surface area (Å²) in [4.78, 5) is 0. The van der Waals surface area contributed by atoms with E-state index in [2.05, 4.69) is 52.1 Å². The maximum Gasteiger partial charge on any atom is 0.122 e. The molecule has 0 heterocycles. The standard InChI is InChI=1S/C17H29NO/c1-13(2)12-18-8-6-7-9-19-17-11-14(3)10-15(4)16(17)5/h10-11,13,18H,6-9,12H2,1-5H3. The van der Waals surface area contributed by atoms with Gasteiger partial charge in [0, 0.05) is 0 Å². The average molecular weight is 263 g/mol. The molecule has 0 aliphatic carbocycles. The van der Waals surface area contributed by atoms with Crippen LogP contribution in [0.1, 0.15) is 43.4 Å². The second kappa shape index (κ2) is 8.21. The van der Waals surface area contributed by atoms with Crippen molar-refractivity contribution in [3.05, 3.63) is 28.8 Å². The van der Waals surface area contributed by atoms with Gasteiger partial charge in [0.2, 0.25) is 0 Å². The van der Waals surface area contributed by atoms with Crippen molar-refractivity contribution in [2.75, 3.05) is 19.7 Å². The number of benzene rings is 1. The molecular weight excluding hydrogens is 234 g/mol. The lowest BCUT2D eigenvalue weighted by Crippen LogP contribution is -2.21. The molecule has 0 unspecified atom stereocenters. The number of hydrogen-bond donors (Lipinski definition) is 1. The van der Waals surface area contributed by atoms with Crippen LogP contribution < -0.4 is 10.1 Å². The van der Waals surface area contributed by atoms with Gasteiger partial charge in [0.25, 0.3) is 0 Å². The van der Waals surface area contributed by atoms with Crippen LogP contribution in [0.2, 0.25) is 0 Å². The van der Waals surface area contributed by atoms with Crippen LogP contribution in [0, 0.1) is 26.7 Å². The summed E-state index contributed by atoms with van der Waals surface area (Å²) in [5.41, 5.74) is 3.86. The first-order valence-electron chi connectivity index (χ1n) is 7.42. The summed E-state index contributed by atoms with van der Waals surface area (Å²) in [6, 6.07) is 4.34. The lowest BCUT2D eigenvalue weighted by atomic mass is 10.1. The van der Waals surface area contributed by atoms with E-state index < -0.39 is 0 Å². The SMILES string of the molecule is Cc1cc(C)c(C)c(OCCCCNCC(C)C)c1. The lowest BCUT2D eigenvalue weighted by Gasteiger charge is -2.12. The summed E-state index contributed by atoms with van der Waals surface area (Å²) >= 11 is 0. The van der Waals surface area contributed by atoms with Gasteiger partial charge >= 0.3 is 0 Å². The van der Waals surface area contributed by atoms with Gasteiger partial charge in [-0.25, -0.2) is 0 Å². The third-order valence-electron chi connectivity index (χ3n) is 3.32. The van der Waals surface area contributed by atoms with E-state index in [1.165, 1.54) is 23.1 Å². The van der Waals surface area contributed by atoms with Crippen LogP contribution in [-0.4, -0.2) is 19.7 Å². The van der Waals surface area contributed by atoms with Gasteiger partial charge in [-0.1, -0.05) is 19.9 Å². The van der Waals surface area contributed by atoms with Crippen LogP contribution in [-0.2, 0) is 0 Å². The molecule has 0 aliphatic heterocycles. The lowest BCUT2D eigenvalue weighted by molar-refractivity contribution is 0.303. The molecule has 1 rings (SSSR count). The third-order valence-corrected chi connectivity index (χ3v) is 3.32. The van der Waals surface area contributed by atoms with E-state index in [0.29, 0.717) is 0 Å². The zero-order chi connectivity index (χ0) is 14.3. The molecule has 108 valence electrons. The molecular formula is C17H29NO. The maximum atomic E-state index is 5.90. The van der Waals surface area contributed by atoms with Crippen molar-refractivity contribution in [2.24, 2.45) is 5.92 Å². The van der Waals surface area contributed by atoms with E-state index in [0.717, 1.165) is 37.8 Å². The van der Waals surface area contributed by atoms with E-state index in [4.69, 9.17) is 4.74 Å². The first-order valence-corrected chi connectivity index (χ1v) is 7.42. The fourth-order valence-electron chi connectivity index (χ4n) is 2.08. The minimum Gasteiger partial charge on any atom is -0.493 e. The molecule has 0 spiro atoms. The normalized spacial score (nSPS) is 11.1. The predicted octanol–water partition coefficient (Wildman–Crippen LogP) is 4.02. The molecule has 19 heavy (non-hydrogen) atoms. The van der Waals surface area contributed by atoms with Gasteiger partial charge in [0.05, 0.1) is 6.61 Å². The van der Waals surface area contributed by atoms with Gasteiger partial charge in [-0.05, 0) is 75.4 Å².